The molecule has 1 rings (SSSR count). The van der Waals surface area contributed by atoms with E-state index in [1.54, 1.807) is 6.07 Å². The highest BCUT2D eigenvalue weighted by Gasteiger charge is 2.10. The van der Waals surface area contributed by atoms with Crippen LogP contribution in [-0.2, 0) is 4.79 Å². The summed E-state index contributed by atoms with van der Waals surface area (Å²) in [5.74, 6) is -0.170. The number of halogens is 1. The highest BCUT2D eigenvalue weighted by atomic mass is 127. The Balaban J connectivity index is 2.46. The fourth-order valence-electron chi connectivity index (χ4n) is 1.04. The van der Waals surface area contributed by atoms with Crippen LogP contribution in [0.1, 0.15) is 23.0 Å². The number of carbonyl (C=O) groups is 2. The van der Waals surface area contributed by atoms with Gasteiger partial charge in [-0.3, -0.25) is 4.79 Å². The van der Waals surface area contributed by atoms with Crippen molar-refractivity contribution in [2.24, 2.45) is 5.92 Å². The summed E-state index contributed by atoms with van der Waals surface area (Å²) in [7, 11) is 0. The van der Waals surface area contributed by atoms with E-state index in [-0.39, 0.29) is 11.8 Å². The zero-order chi connectivity index (χ0) is 11.3. The van der Waals surface area contributed by atoms with Crippen LogP contribution in [0, 0.1) is 8.80 Å². The van der Waals surface area contributed by atoms with E-state index >= 15 is 0 Å². The van der Waals surface area contributed by atoms with Crippen molar-refractivity contribution in [3.63, 3.8) is 0 Å². The first kappa shape index (κ1) is 12.6. The van der Waals surface area contributed by atoms with Crippen molar-refractivity contribution in [3.8, 4) is 0 Å². The van der Waals surface area contributed by atoms with Gasteiger partial charge in [0.15, 0.2) is 0 Å². The van der Waals surface area contributed by atoms with Crippen LogP contribution in [0.5, 0.6) is 0 Å². The predicted molar refractivity (Wildman–Crippen MR) is 69.2 cm³/mol. The van der Waals surface area contributed by atoms with Crippen LogP contribution in [0.3, 0.4) is 0 Å². The maximum absolute atomic E-state index is 11.6. The third-order valence-electron chi connectivity index (χ3n) is 2.04. The van der Waals surface area contributed by atoms with Crippen LogP contribution < -0.4 is 5.32 Å². The second-order valence-electron chi connectivity index (χ2n) is 3.12. The Labute approximate surface area is 106 Å². The van der Waals surface area contributed by atoms with E-state index in [9.17, 15) is 9.59 Å². The Morgan fingerprint density at radius 1 is 1.67 bits per heavy atom. The zero-order valence-electron chi connectivity index (χ0n) is 8.33. The Morgan fingerprint density at radius 3 is 2.87 bits per heavy atom. The minimum absolute atomic E-state index is 0.0759. The van der Waals surface area contributed by atoms with E-state index in [0.717, 1.165) is 15.6 Å². The van der Waals surface area contributed by atoms with Crippen molar-refractivity contribution >= 4 is 46.1 Å². The lowest BCUT2D eigenvalue weighted by Crippen LogP contribution is -2.29. The third-order valence-corrected chi connectivity index (χ3v) is 3.93. The molecule has 0 saturated heterocycles. The standard InChI is InChI=1S/C10H12INO2S/c1-2-7(6-13)5-12-10(14)8-3-4-9(11)15-8/h3-4,6-7H,2,5H2,1H3,(H,12,14). The van der Waals surface area contributed by atoms with E-state index in [1.807, 2.05) is 13.0 Å². The maximum atomic E-state index is 11.6. The van der Waals surface area contributed by atoms with Crippen LogP contribution in [0.2, 0.25) is 0 Å². The molecule has 0 aliphatic rings. The van der Waals surface area contributed by atoms with E-state index in [1.165, 1.54) is 11.3 Å². The van der Waals surface area contributed by atoms with E-state index in [2.05, 4.69) is 27.9 Å². The molecule has 0 radical (unpaired) electrons. The maximum Gasteiger partial charge on any atom is 0.261 e. The zero-order valence-corrected chi connectivity index (χ0v) is 11.3. The van der Waals surface area contributed by atoms with Crippen molar-refractivity contribution in [1.82, 2.24) is 5.32 Å². The van der Waals surface area contributed by atoms with E-state index in [0.29, 0.717) is 11.4 Å². The number of rotatable bonds is 5. The van der Waals surface area contributed by atoms with Gasteiger partial charge in [-0.05, 0) is 41.1 Å². The summed E-state index contributed by atoms with van der Waals surface area (Å²) in [4.78, 5) is 22.8. The number of amides is 1. The van der Waals surface area contributed by atoms with E-state index in [4.69, 9.17) is 0 Å². The molecule has 0 aromatic carbocycles. The normalized spacial score (nSPS) is 12.1. The molecular weight excluding hydrogens is 325 g/mol. The quantitative estimate of drug-likeness (QED) is 0.662. The summed E-state index contributed by atoms with van der Waals surface area (Å²) in [6.07, 6.45) is 1.64. The van der Waals surface area contributed by atoms with Gasteiger partial charge in [0.1, 0.15) is 6.29 Å². The number of nitrogens with one attached hydrogen (secondary N) is 1. The van der Waals surface area contributed by atoms with Gasteiger partial charge in [-0.15, -0.1) is 11.3 Å². The van der Waals surface area contributed by atoms with Crippen LogP contribution >= 0.6 is 33.9 Å². The Morgan fingerprint density at radius 2 is 2.40 bits per heavy atom. The Hall–Kier alpha value is -0.430. The molecule has 0 aliphatic carbocycles. The predicted octanol–water partition coefficient (Wildman–Crippen LogP) is 2.31. The number of thiophene rings is 1. The van der Waals surface area contributed by atoms with Crippen LogP contribution in [0.15, 0.2) is 12.1 Å². The number of hydrogen-bond acceptors (Lipinski definition) is 3. The molecule has 1 heterocycles. The van der Waals surface area contributed by atoms with Gasteiger partial charge < -0.3 is 10.1 Å². The third kappa shape index (κ3) is 3.90. The van der Waals surface area contributed by atoms with E-state index < -0.39 is 0 Å². The molecule has 0 saturated carbocycles. The highest BCUT2D eigenvalue weighted by Crippen LogP contribution is 2.17. The first-order chi connectivity index (χ1) is 7.17. The van der Waals surface area contributed by atoms with Gasteiger partial charge in [0.2, 0.25) is 0 Å². The van der Waals surface area contributed by atoms with Crippen LogP contribution in [0.25, 0.3) is 0 Å². The average Bonchev–Trinajstić information content (AvgIpc) is 2.66. The number of carbonyl (C=O) groups excluding carboxylic acids is 2. The van der Waals surface area contributed by atoms with Crippen molar-refractivity contribution in [1.29, 1.82) is 0 Å². The van der Waals surface area contributed by atoms with Crippen LogP contribution in [-0.4, -0.2) is 18.7 Å². The monoisotopic (exact) mass is 337 g/mol. The highest BCUT2D eigenvalue weighted by molar-refractivity contribution is 14.1. The molecule has 1 N–H and O–H groups in total. The minimum Gasteiger partial charge on any atom is -0.351 e. The van der Waals surface area contributed by atoms with Crippen molar-refractivity contribution in [2.75, 3.05) is 6.54 Å². The molecule has 0 bridgehead atoms. The molecule has 0 aliphatic heterocycles. The van der Waals surface area contributed by atoms with Crippen molar-refractivity contribution in [2.45, 2.75) is 13.3 Å². The van der Waals surface area contributed by atoms with Crippen molar-refractivity contribution in [3.05, 3.63) is 19.9 Å². The first-order valence-electron chi connectivity index (χ1n) is 4.66. The molecule has 15 heavy (non-hydrogen) atoms. The molecule has 1 amide bonds. The lowest BCUT2D eigenvalue weighted by molar-refractivity contribution is -0.111. The minimum atomic E-state index is -0.0942. The van der Waals surface area contributed by atoms with Gasteiger partial charge in [-0.2, -0.15) is 0 Å². The first-order valence-corrected chi connectivity index (χ1v) is 6.55. The molecule has 82 valence electrons. The summed E-state index contributed by atoms with van der Waals surface area (Å²) >= 11 is 3.62. The van der Waals surface area contributed by atoms with Crippen molar-refractivity contribution < 1.29 is 9.59 Å². The lowest BCUT2D eigenvalue weighted by Gasteiger charge is -2.07. The van der Waals surface area contributed by atoms with Gasteiger partial charge in [0.25, 0.3) is 5.91 Å². The van der Waals surface area contributed by atoms with Gasteiger partial charge in [0, 0.05) is 12.5 Å². The summed E-state index contributed by atoms with van der Waals surface area (Å²) in [6.45, 7) is 2.35. The molecule has 1 aromatic heterocycles. The second-order valence-corrected chi connectivity index (χ2v) is 6.10. The van der Waals surface area contributed by atoms with Gasteiger partial charge in [-0.25, -0.2) is 0 Å². The molecule has 1 unspecified atom stereocenters. The largest absolute Gasteiger partial charge is 0.351 e. The summed E-state index contributed by atoms with van der Waals surface area (Å²) in [5.41, 5.74) is 0. The summed E-state index contributed by atoms with van der Waals surface area (Å²) < 4.78 is 1.08. The number of aldehydes is 1. The van der Waals surface area contributed by atoms with Gasteiger partial charge in [0.05, 0.1) is 7.76 Å². The lowest BCUT2D eigenvalue weighted by atomic mass is 10.1. The molecule has 0 spiro atoms. The van der Waals surface area contributed by atoms with Gasteiger partial charge in [-0.1, -0.05) is 6.92 Å². The summed E-state index contributed by atoms with van der Waals surface area (Å²) in [5, 5.41) is 2.75. The number of hydrogen-bond donors (Lipinski definition) is 1. The molecule has 1 atom stereocenters. The second kappa shape index (κ2) is 6.22. The SMILES string of the molecule is CCC(C=O)CNC(=O)c1ccc(I)s1. The Kier molecular flexibility index (Phi) is 5.24. The Bertz CT molecular complexity index is 351. The van der Waals surface area contributed by atoms with Gasteiger partial charge >= 0.3 is 0 Å². The molecule has 1 aromatic rings. The van der Waals surface area contributed by atoms with Crippen LogP contribution in [0.4, 0.5) is 0 Å². The smallest absolute Gasteiger partial charge is 0.261 e. The molecular formula is C10H12INO2S. The topological polar surface area (TPSA) is 46.2 Å². The summed E-state index contributed by atoms with van der Waals surface area (Å²) in [6, 6.07) is 3.70. The molecule has 3 nitrogen and oxygen atoms in total. The molecule has 0 fully saturated rings. The fourth-order valence-corrected chi connectivity index (χ4v) is 2.57. The fraction of sp³-hybridized carbons (Fsp3) is 0.400. The average molecular weight is 337 g/mol. The molecule has 5 heteroatoms.